The summed E-state index contributed by atoms with van der Waals surface area (Å²) in [6, 6.07) is 17.0. The molecule has 0 spiro atoms. The van der Waals surface area contributed by atoms with Crippen LogP contribution in [-0.4, -0.2) is 0 Å². The van der Waals surface area contributed by atoms with Gasteiger partial charge < -0.3 is 0 Å². The molecular weight excluding hydrogens is 237 g/mol. The molecule has 0 heterocycles. The lowest BCUT2D eigenvalue weighted by atomic mass is 10.0. The zero-order chi connectivity index (χ0) is 13.5. The van der Waals surface area contributed by atoms with Gasteiger partial charge in [0.2, 0.25) is 0 Å². The highest BCUT2D eigenvalue weighted by Crippen LogP contribution is 2.20. The zero-order valence-electron chi connectivity index (χ0n) is 10.8. The van der Waals surface area contributed by atoms with E-state index in [0.717, 1.165) is 30.4 Å². The van der Waals surface area contributed by atoms with E-state index in [1.165, 1.54) is 17.7 Å². The first kappa shape index (κ1) is 13.3. The predicted octanol–water partition coefficient (Wildman–Crippen LogP) is 4.73. The maximum Gasteiger partial charge on any atom is 0.123 e. The van der Waals surface area contributed by atoms with Crippen molar-refractivity contribution >= 4 is 0 Å². The topological polar surface area (TPSA) is 23.8 Å². The summed E-state index contributed by atoms with van der Waals surface area (Å²) in [4.78, 5) is 0. The second kappa shape index (κ2) is 6.70. The number of nitriles is 1. The van der Waals surface area contributed by atoms with E-state index in [2.05, 4.69) is 30.3 Å². The van der Waals surface area contributed by atoms with Crippen LogP contribution in [0.3, 0.4) is 0 Å². The monoisotopic (exact) mass is 253 g/mol. The molecule has 1 nitrogen and oxygen atoms in total. The van der Waals surface area contributed by atoms with Crippen LogP contribution in [-0.2, 0) is 6.42 Å². The largest absolute Gasteiger partial charge is 0.207 e. The molecule has 2 heteroatoms. The van der Waals surface area contributed by atoms with Crippen molar-refractivity contribution in [3.05, 3.63) is 59.9 Å². The molecule has 2 aromatic carbocycles. The molecule has 2 aromatic rings. The molecule has 0 bridgehead atoms. The van der Waals surface area contributed by atoms with Crippen LogP contribution in [0.1, 0.15) is 24.8 Å². The van der Waals surface area contributed by atoms with Crippen molar-refractivity contribution < 1.29 is 4.39 Å². The maximum absolute atomic E-state index is 12.8. The van der Waals surface area contributed by atoms with Gasteiger partial charge in [-0.1, -0.05) is 36.4 Å². The van der Waals surface area contributed by atoms with E-state index in [4.69, 9.17) is 5.26 Å². The Balaban J connectivity index is 1.98. The van der Waals surface area contributed by atoms with Crippen LogP contribution in [0.15, 0.2) is 48.5 Å². The van der Waals surface area contributed by atoms with Crippen molar-refractivity contribution in [2.45, 2.75) is 25.7 Å². The minimum atomic E-state index is -0.210. The average Bonchev–Trinajstić information content (AvgIpc) is 2.45. The van der Waals surface area contributed by atoms with Crippen molar-refractivity contribution in [3.63, 3.8) is 0 Å². The first-order chi connectivity index (χ1) is 9.29. The fourth-order valence-corrected chi connectivity index (χ4v) is 2.04. The summed E-state index contributed by atoms with van der Waals surface area (Å²) in [6.07, 6.45) is 3.64. The second-order valence-electron chi connectivity index (χ2n) is 4.57. The standard InChI is InChI=1S/C17H16FN/c18-17-11-9-16(10-12-17)15-7-5-14(6-8-15)4-2-1-3-13-19/h5-12H,1-4H2. The molecule has 96 valence electrons. The molecule has 0 unspecified atom stereocenters. The first-order valence-corrected chi connectivity index (χ1v) is 6.51. The molecule has 0 aliphatic rings. The molecule has 0 aromatic heterocycles. The molecule has 2 rings (SSSR count). The fourth-order valence-electron chi connectivity index (χ4n) is 2.04. The van der Waals surface area contributed by atoms with Gasteiger partial charge in [0.1, 0.15) is 5.82 Å². The number of benzene rings is 2. The Kier molecular flexibility index (Phi) is 4.69. The molecule has 0 aliphatic heterocycles. The first-order valence-electron chi connectivity index (χ1n) is 6.51. The number of aryl methyl sites for hydroxylation is 1. The lowest BCUT2D eigenvalue weighted by Gasteiger charge is -2.04. The van der Waals surface area contributed by atoms with E-state index in [-0.39, 0.29) is 5.82 Å². The van der Waals surface area contributed by atoms with Crippen molar-refractivity contribution in [2.24, 2.45) is 0 Å². The molecule has 0 amide bonds. The normalized spacial score (nSPS) is 10.1. The van der Waals surface area contributed by atoms with Crippen LogP contribution in [0.5, 0.6) is 0 Å². The highest BCUT2D eigenvalue weighted by molar-refractivity contribution is 5.63. The van der Waals surface area contributed by atoms with Crippen molar-refractivity contribution in [1.82, 2.24) is 0 Å². The number of rotatable bonds is 5. The number of unbranched alkanes of at least 4 members (excludes halogenated alkanes) is 2. The summed E-state index contributed by atoms with van der Waals surface area (Å²) in [5.41, 5.74) is 3.40. The van der Waals surface area contributed by atoms with Gasteiger partial charge in [0, 0.05) is 6.42 Å². The summed E-state index contributed by atoms with van der Waals surface area (Å²) in [7, 11) is 0. The second-order valence-corrected chi connectivity index (χ2v) is 4.57. The maximum atomic E-state index is 12.8. The van der Waals surface area contributed by atoms with Crippen molar-refractivity contribution in [3.8, 4) is 17.2 Å². The molecule has 0 N–H and O–H groups in total. The van der Waals surface area contributed by atoms with Gasteiger partial charge in [0.15, 0.2) is 0 Å². The van der Waals surface area contributed by atoms with Gasteiger partial charge in [-0.3, -0.25) is 0 Å². The lowest BCUT2D eigenvalue weighted by Crippen LogP contribution is -1.86. The van der Waals surface area contributed by atoms with Crippen LogP contribution >= 0.6 is 0 Å². The number of halogens is 1. The van der Waals surface area contributed by atoms with Gasteiger partial charge in [-0.25, -0.2) is 4.39 Å². The predicted molar refractivity (Wildman–Crippen MR) is 75.0 cm³/mol. The third kappa shape index (κ3) is 3.93. The van der Waals surface area contributed by atoms with E-state index in [0.29, 0.717) is 6.42 Å². The van der Waals surface area contributed by atoms with Crippen LogP contribution in [0, 0.1) is 17.1 Å². The summed E-state index contributed by atoms with van der Waals surface area (Å²) in [5.74, 6) is -0.210. The minimum absolute atomic E-state index is 0.210. The molecule has 0 atom stereocenters. The number of hydrogen-bond donors (Lipinski definition) is 0. The van der Waals surface area contributed by atoms with Gasteiger partial charge in [0.25, 0.3) is 0 Å². The Labute approximate surface area is 113 Å². The van der Waals surface area contributed by atoms with E-state index < -0.39 is 0 Å². The van der Waals surface area contributed by atoms with Crippen LogP contribution in [0.4, 0.5) is 4.39 Å². The van der Waals surface area contributed by atoms with Gasteiger partial charge in [-0.05, 0) is 48.1 Å². The molecule has 19 heavy (non-hydrogen) atoms. The summed E-state index contributed by atoms with van der Waals surface area (Å²) < 4.78 is 12.8. The van der Waals surface area contributed by atoms with Gasteiger partial charge in [-0.2, -0.15) is 5.26 Å². The molecular formula is C17H16FN. The number of nitrogens with zero attached hydrogens (tertiary/aromatic N) is 1. The SMILES string of the molecule is N#CCCCCc1ccc(-c2ccc(F)cc2)cc1. The van der Waals surface area contributed by atoms with E-state index in [1.54, 1.807) is 12.1 Å². The molecule has 0 radical (unpaired) electrons. The smallest absolute Gasteiger partial charge is 0.123 e. The Hall–Kier alpha value is -2.14. The van der Waals surface area contributed by atoms with Crippen LogP contribution in [0.2, 0.25) is 0 Å². The lowest BCUT2D eigenvalue weighted by molar-refractivity contribution is 0.628. The third-order valence-electron chi connectivity index (χ3n) is 3.14. The Morgan fingerprint density at radius 3 is 2.00 bits per heavy atom. The minimum Gasteiger partial charge on any atom is -0.207 e. The molecule has 0 saturated carbocycles. The third-order valence-corrected chi connectivity index (χ3v) is 3.14. The Morgan fingerprint density at radius 2 is 1.42 bits per heavy atom. The summed E-state index contributed by atoms with van der Waals surface area (Å²) in [5, 5.41) is 8.47. The van der Waals surface area contributed by atoms with E-state index >= 15 is 0 Å². The van der Waals surface area contributed by atoms with E-state index in [1.807, 2.05) is 0 Å². The van der Waals surface area contributed by atoms with Crippen LogP contribution in [0.25, 0.3) is 11.1 Å². The average molecular weight is 253 g/mol. The Morgan fingerprint density at radius 1 is 0.842 bits per heavy atom. The van der Waals surface area contributed by atoms with Gasteiger partial charge in [-0.15, -0.1) is 0 Å². The van der Waals surface area contributed by atoms with E-state index in [9.17, 15) is 4.39 Å². The van der Waals surface area contributed by atoms with Gasteiger partial charge >= 0.3 is 0 Å². The quantitative estimate of drug-likeness (QED) is 0.707. The highest BCUT2D eigenvalue weighted by Gasteiger charge is 1.99. The fraction of sp³-hybridized carbons (Fsp3) is 0.235. The summed E-state index contributed by atoms with van der Waals surface area (Å²) >= 11 is 0. The number of hydrogen-bond acceptors (Lipinski definition) is 1. The van der Waals surface area contributed by atoms with Crippen molar-refractivity contribution in [2.75, 3.05) is 0 Å². The Bertz CT molecular complexity index is 549. The molecule has 0 saturated heterocycles. The molecule has 0 fully saturated rings. The molecule has 0 aliphatic carbocycles. The van der Waals surface area contributed by atoms with Crippen molar-refractivity contribution in [1.29, 1.82) is 5.26 Å². The highest BCUT2D eigenvalue weighted by atomic mass is 19.1. The zero-order valence-corrected chi connectivity index (χ0v) is 10.8. The van der Waals surface area contributed by atoms with Gasteiger partial charge in [0.05, 0.1) is 6.07 Å². The van der Waals surface area contributed by atoms with Crippen LogP contribution < -0.4 is 0 Å². The summed E-state index contributed by atoms with van der Waals surface area (Å²) in [6.45, 7) is 0.